The maximum Gasteiger partial charge on any atom is 0.240 e. The standard InChI is InChI=1S/C14H24N2O3S/c1-11(2)16-20(17,18)14-7-5-13(6-8-14)15-9-12(3)10-19-4/h5-8,11-12,15-16H,9-10H2,1-4H3. The first kappa shape index (κ1) is 16.9. The van der Waals surface area contributed by atoms with Gasteiger partial charge in [0.05, 0.1) is 11.5 Å². The van der Waals surface area contributed by atoms with Crippen molar-refractivity contribution < 1.29 is 13.2 Å². The van der Waals surface area contributed by atoms with Crippen molar-refractivity contribution in [2.75, 3.05) is 25.6 Å². The number of benzene rings is 1. The van der Waals surface area contributed by atoms with Gasteiger partial charge in [-0.2, -0.15) is 0 Å². The molecule has 0 spiro atoms. The predicted octanol–water partition coefficient (Wildman–Crippen LogP) is 2.07. The van der Waals surface area contributed by atoms with Gasteiger partial charge in [-0.05, 0) is 44.0 Å². The van der Waals surface area contributed by atoms with Crippen molar-refractivity contribution in [2.45, 2.75) is 31.7 Å². The summed E-state index contributed by atoms with van der Waals surface area (Å²) in [5.41, 5.74) is 0.899. The smallest absolute Gasteiger partial charge is 0.240 e. The second kappa shape index (κ2) is 7.61. The third kappa shape index (κ3) is 5.48. The van der Waals surface area contributed by atoms with Gasteiger partial charge in [0.25, 0.3) is 0 Å². The molecule has 0 aliphatic heterocycles. The molecule has 0 aliphatic rings. The van der Waals surface area contributed by atoms with Gasteiger partial charge in [-0.25, -0.2) is 13.1 Å². The molecule has 1 aromatic carbocycles. The lowest BCUT2D eigenvalue weighted by Gasteiger charge is -2.13. The largest absolute Gasteiger partial charge is 0.385 e. The van der Waals surface area contributed by atoms with Crippen molar-refractivity contribution >= 4 is 15.7 Å². The lowest BCUT2D eigenvalue weighted by molar-refractivity contribution is 0.164. The maximum absolute atomic E-state index is 12.0. The molecule has 114 valence electrons. The van der Waals surface area contributed by atoms with Gasteiger partial charge < -0.3 is 10.1 Å². The molecule has 1 atom stereocenters. The average Bonchev–Trinajstić information content (AvgIpc) is 2.36. The van der Waals surface area contributed by atoms with Crippen LogP contribution in [-0.4, -0.2) is 34.7 Å². The van der Waals surface area contributed by atoms with Crippen LogP contribution in [0, 0.1) is 5.92 Å². The van der Waals surface area contributed by atoms with E-state index in [0.717, 1.165) is 12.2 Å². The number of hydrogen-bond donors (Lipinski definition) is 2. The Balaban J connectivity index is 2.65. The second-order valence-electron chi connectivity index (χ2n) is 5.24. The summed E-state index contributed by atoms with van der Waals surface area (Å²) in [4.78, 5) is 0.279. The van der Waals surface area contributed by atoms with Crippen LogP contribution in [0.4, 0.5) is 5.69 Å². The maximum atomic E-state index is 12.0. The molecule has 0 aromatic heterocycles. The summed E-state index contributed by atoms with van der Waals surface area (Å²) in [5.74, 6) is 0.394. The Morgan fingerprint density at radius 3 is 2.25 bits per heavy atom. The molecule has 1 unspecified atom stereocenters. The van der Waals surface area contributed by atoms with E-state index in [-0.39, 0.29) is 10.9 Å². The molecule has 1 rings (SSSR count). The number of ether oxygens (including phenoxy) is 1. The van der Waals surface area contributed by atoms with Gasteiger partial charge in [-0.3, -0.25) is 0 Å². The van der Waals surface area contributed by atoms with E-state index in [0.29, 0.717) is 12.5 Å². The van der Waals surface area contributed by atoms with E-state index in [9.17, 15) is 8.42 Å². The third-order valence-corrected chi connectivity index (χ3v) is 4.34. The fourth-order valence-electron chi connectivity index (χ4n) is 1.77. The molecule has 0 amide bonds. The lowest BCUT2D eigenvalue weighted by Crippen LogP contribution is -2.30. The van der Waals surface area contributed by atoms with Crippen LogP contribution in [0.25, 0.3) is 0 Å². The van der Waals surface area contributed by atoms with Gasteiger partial charge in [0.15, 0.2) is 0 Å². The highest BCUT2D eigenvalue weighted by Crippen LogP contribution is 2.14. The summed E-state index contributed by atoms with van der Waals surface area (Å²) < 4.78 is 31.5. The lowest BCUT2D eigenvalue weighted by atomic mass is 10.2. The molecule has 2 N–H and O–H groups in total. The summed E-state index contributed by atoms with van der Waals surface area (Å²) in [6, 6.07) is 6.64. The van der Waals surface area contributed by atoms with E-state index in [1.54, 1.807) is 45.2 Å². The summed E-state index contributed by atoms with van der Waals surface area (Å²) in [5, 5.41) is 3.25. The zero-order valence-electron chi connectivity index (χ0n) is 12.5. The Kier molecular flexibility index (Phi) is 6.45. The zero-order valence-corrected chi connectivity index (χ0v) is 13.3. The van der Waals surface area contributed by atoms with Crippen LogP contribution in [0.1, 0.15) is 20.8 Å². The molecule has 0 aliphatic carbocycles. The highest BCUT2D eigenvalue weighted by Gasteiger charge is 2.14. The average molecular weight is 300 g/mol. The zero-order chi connectivity index (χ0) is 15.2. The number of hydrogen-bond acceptors (Lipinski definition) is 4. The Labute approximate surface area is 121 Å². The van der Waals surface area contributed by atoms with E-state index < -0.39 is 10.0 Å². The number of sulfonamides is 1. The van der Waals surface area contributed by atoms with Crippen molar-refractivity contribution in [3.05, 3.63) is 24.3 Å². The fraction of sp³-hybridized carbons (Fsp3) is 0.571. The second-order valence-corrected chi connectivity index (χ2v) is 6.96. The number of anilines is 1. The first-order valence-corrected chi connectivity index (χ1v) is 8.18. The van der Waals surface area contributed by atoms with Crippen LogP contribution in [0.15, 0.2) is 29.2 Å². The number of methoxy groups -OCH3 is 1. The Bertz CT molecular complexity index is 498. The van der Waals surface area contributed by atoms with Gasteiger partial charge in [0.2, 0.25) is 10.0 Å². The van der Waals surface area contributed by atoms with Crippen LogP contribution in [0.2, 0.25) is 0 Å². The van der Waals surface area contributed by atoms with Crippen LogP contribution < -0.4 is 10.0 Å². The highest BCUT2D eigenvalue weighted by molar-refractivity contribution is 7.89. The van der Waals surface area contributed by atoms with Crippen molar-refractivity contribution in [1.82, 2.24) is 4.72 Å². The van der Waals surface area contributed by atoms with Gasteiger partial charge in [0.1, 0.15) is 0 Å². The van der Waals surface area contributed by atoms with Crippen LogP contribution in [-0.2, 0) is 14.8 Å². The van der Waals surface area contributed by atoms with E-state index in [1.807, 2.05) is 0 Å². The van der Waals surface area contributed by atoms with Gasteiger partial charge in [-0.1, -0.05) is 6.92 Å². The molecular weight excluding hydrogens is 276 g/mol. The first-order valence-electron chi connectivity index (χ1n) is 6.70. The predicted molar refractivity (Wildman–Crippen MR) is 81.4 cm³/mol. The molecule has 6 heteroatoms. The SMILES string of the molecule is COCC(C)CNc1ccc(S(=O)(=O)NC(C)C)cc1. The molecule has 0 bridgehead atoms. The normalized spacial score (nSPS) is 13.4. The number of nitrogens with one attached hydrogen (secondary N) is 2. The molecule has 0 radical (unpaired) electrons. The summed E-state index contributed by atoms with van der Waals surface area (Å²) >= 11 is 0. The molecular formula is C14H24N2O3S. The Hall–Kier alpha value is -1.11. The Morgan fingerprint density at radius 1 is 1.15 bits per heavy atom. The summed E-state index contributed by atoms with van der Waals surface area (Å²) in [7, 11) is -1.74. The molecule has 0 saturated carbocycles. The molecule has 0 saturated heterocycles. The minimum Gasteiger partial charge on any atom is -0.385 e. The fourth-order valence-corrected chi connectivity index (χ4v) is 3.02. The molecule has 0 fully saturated rings. The van der Waals surface area contributed by atoms with Crippen molar-refractivity contribution in [2.24, 2.45) is 5.92 Å². The number of rotatable bonds is 8. The first-order chi connectivity index (χ1) is 9.35. The minimum absolute atomic E-state index is 0.118. The van der Waals surface area contributed by atoms with E-state index in [2.05, 4.69) is 17.0 Å². The monoisotopic (exact) mass is 300 g/mol. The van der Waals surface area contributed by atoms with Crippen molar-refractivity contribution in [3.63, 3.8) is 0 Å². The topological polar surface area (TPSA) is 67.4 Å². The van der Waals surface area contributed by atoms with Gasteiger partial charge in [-0.15, -0.1) is 0 Å². The van der Waals surface area contributed by atoms with Crippen LogP contribution in [0.3, 0.4) is 0 Å². The van der Waals surface area contributed by atoms with Crippen LogP contribution >= 0.6 is 0 Å². The quantitative estimate of drug-likeness (QED) is 0.771. The molecule has 5 nitrogen and oxygen atoms in total. The van der Waals surface area contributed by atoms with E-state index in [4.69, 9.17) is 4.74 Å². The molecule has 1 aromatic rings. The molecule has 0 heterocycles. The van der Waals surface area contributed by atoms with Gasteiger partial charge >= 0.3 is 0 Å². The minimum atomic E-state index is -3.41. The van der Waals surface area contributed by atoms with E-state index >= 15 is 0 Å². The van der Waals surface area contributed by atoms with Crippen molar-refractivity contribution in [1.29, 1.82) is 0 Å². The van der Waals surface area contributed by atoms with Crippen molar-refractivity contribution in [3.8, 4) is 0 Å². The third-order valence-electron chi connectivity index (χ3n) is 2.66. The summed E-state index contributed by atoms with van der Waals surface area (Å²) in [6.07, 6.45) is 0. The van der Waals surface area contributed by atoms with E-state index in [1.165, 1.54) is 0 Å². The van der Waals surface area contributed by atoms with Crippen LogP contribution in [0.5, 0.6) is 0 Å². The Morgan fingerprint density at radius 2 is 1.75 bits per heavy atom. The molecule has 20 heavy (non-hydrogen) atoms. The highest BCUT2D eigenvalue weighted by atomic mass is 32.2. The summed E-state index contributed by atoms with van der Waals surface area (Å²) in [6.45, 7) is 7.15. The van der Waals surface area contributed by atoms with Gasteiger partial charge in [0, 0.05) is 25.4 Å².